The lowest BCUT2D eigenvalue weighted by Gasteiger charge is -2.12. The fourth-order valence-electron chi connectivity index (χ4n) is 2.26. The molecular weight excluding hydrogens is 405 g/mol. The van der Waals surface area contributed by atoms with E-state index in [1.807, 2.05) is 6.07 Å². The maximum atomic E-state index is 12.2. The van der Waals surface area contributed by atoms with E-state index in [0.717, 1.165) is 12.1 Å². The van der Waals surface area contributed by atoms with Crippen LogP contribution in [0.2, 0.25) is 0 Å². The van der Waals surface area contributed by atoms with Gasteiger partial charge in [-0.05, 0) is 54.6 Å². The molecule has 2 aromatic carbocycles. The highest BCUT2D eigenvalue weighted by Crippen LogP contribution is 2.30. The Hall–Kier alpha value is -4.26. The highest BCUT2D eigenvalue weighted by atomic mass is 19.4. The van der Waals surface area contributed by atoms with E-state index in [-0.39, 0.29) is 23.1 Å². The molecule has 0 amide bonds. The van der Waals surface area contributed by atoms with Crippen LogP contribution in [0.5, 0.6) is 29.0 Å². The SMILES string of the molecule is N#Cc1ccc(Oc2ccc(C(=O)O)c(Oc3ccc(OC(F)(F)F)cc3)n2)cc1. The third-order valence-electron chi connectivity index (χ3n) is 3.54. The number of ether oxygens (including phenoxy) is 3. The number of carbonyl (C=O) groups is 1. The molecule has 152 valence electrons. The zero-order chi connectivity index (χ0) is 21.7. The summed E-state index contributed by atoms with van der Waals surface area (Å²) in [4.78, 5) is 15.4. The lowest BCUT2D eigenvalue weighted by molar-refractivity contribution is -0.274. The van der Waals surface area contributed by atoms with Crippen molar-refractivity contribution in [1.29, 1.82) is 5.26 Å². The molecular formula is C20H11F3N2O5. The molecule has 0 atom stereocenters. The predicted molar refractivity (Wildman–Crippen MR) is 95.6 cm³/mol. The number of alkyl halides is 3. The van der Waals surface area contributed by atoms with Gasteiger partial charge in [-0.1, -0.05) is 0 Å². The van der Waals surface area contributed by atoms with E-state index in [4.69, 9.17) is 14.7 Å². The summed E-state index contributed by atoms with van der Waals surface area (Å²) >= 11 is 0. The van der Waals surface area contributed by atoms with Crippen molar-refractivity contribution in [2.75, 3.05) is 0 Å². The summed E-state index contributed by atoms with van der Waals surface area (Å²) in [6.07, 6.45) is -4.84. The fourth-order valence-corrected chi connectivity index (χ4v) is 2.26. The zero-order valence-electron chi connectivity index (χ0n) is 14.9. The molecule has 1 heterocycles. The summed E-state index contributed by atoms with van der Waals surface area (Å²) in [6.45, 7) is 0. The molecule has 0 aliphatic rings. The van der Waals surface area contributed by atoms with Crippen LogP contribution in [0.25, 0.3) is 0 Å². The lowest BCUT2D eigenvalue weighted by Crippen LogP contribution is -2.16. The monoisotopic (exact) mass is 416 g/mol. The average molecular weight is 416 g/mol. The number of carboxylic acids is 1. The summed E-state index contributed by atoms with van der Waals surface area (Å²) in [5, 5.41) is 18.1. The zero-order valence-corrected chi connectivity index (χ0v) is 14.9. The Labute approximate surface area is 167 Å². The van der Waals surface area contributed by atoms with Gasteiger partial charge in [-0.3, -0.25) is 0 Å². The van der Waals surface area contributed by atoms with Crippen LogP contribution in [0.1, 0.15) is 15.9 Å². The lowest BCUT2D eigenvalue weighted by atomic mass is 10.2. The van der Waals surface area contributed by atoms with E-state index in [9.17, 15) is 23.1 Å². The van der Waals surface area contributed by atoms with E-state index in [1.54, 1.807) is 0 Å². The van der Waals surface area contributed by atoms with Crippen LogP contribution in [0.4, 0.5) is 13.2 Å². The Balaban J connectivity index is 1.82. The summed E-state index contributed by atoms with van der Waals surface area (Å²) in [5.41, 5.74) is 0.149. The van der Waals surface area contributed by atoms with Crippen molar-refractivity contribution in [3.63, 3.8) is 0 Å². The van der Waals surface area contributed by atoms with Crippen molar-refractivity contribution in [1.82, 2.24) is 4.98 Å². The van der Waals surface area contributed by atoms with Crippen LogP contribution in [0, 0.1) is 11.3 Å². The van der Waals surface area contributed by atoms with Gasteiger partial charge >= 0.3 is 12.3 Å². The molecule has 0 bridgehead atoms. The van der Waals surface area contributed by atoms with E-state index in [2.05, 4.69) is 9.72 Å². The van der Waals surface area contributed by atoms with Crippen molar-refractivity contribution in [3.05, 3.63) is 71.8 Å². The largest absolute Gasteiger partial charge is 0.573 e. The fraction of sp³-hybridized carbons (Fsp3) is 0.0500. The number of aromatic carboxylic acids is 1. The van der Waals surface area contributed by atoms with Gasteiger partial charge in [-0.2, -0.15) is 10.2 Å². The van der Waals surface area contributed by atoms with Crippen molar-refractivity contribution in [3.8, 4) is 35.1 Å². The number of carboxylic acid groups (broad SMARTS) is 1. The van der Waals surface area contributed by atoms with Gasteiger partial charge in [-0.25, -0.2) is 4.79 Å². The van der Waals surface area contributed by atoms with Gasteiger partial charge in [-0.15, -0.1) is 13.2 Å². The summed E-state index contributed by atoms with van der Waals surface area (Å²) in [7, 11) is 0. The maximum Gasteiger partial charge on any atom is 0.573 e. The van der Waals surface area contributed by atoms with Crippen molar-refractivity contribution in [2.45, 2.75) is 6.36 Å². The first-order chi connectivity index (χ1) is 14.2. The minimum atomic E-state index is -4.84. The Morgan fingerprint density at radius 2 is 1.47 bits per heavy atom. The Morgan fingerprint density at radius 3 is 2.03 bits per heavy atom. The predicted octanol–water partition coefficient (Wildman–Crippen LogP) is 5.13. The van der Waals surface area contributed by atoms with Crippen LogP contribution in [0.3, 0.4) is 0 Å². The third-order valence-corrected chi connectivity index (χ3v) is 3.54. The summed E-state index contributed by atoms with van der Waals surface area (Å²) in [5.74, 6) is -1.70. The standard InChI is InChI=1S/C20H11F3N2O5/c21-20(22,23)30-15-7-5-14(6-8-15)29-18-16(19(26)27)9-10-17(25-18)28-13-3-1-12(11-24)2-4-13/h1-10H,(H,26,27). The molecule has 30 heavy (non-hydrogen) atoms. The van der Waals surface area contributed by atoms with Gasteiger partial charge in [0.05, 0.1) is 11.6 Å². The number of pyridine rings is 1. The highest BCUT2D eigenvalue weighted by molar-refractivity contribution is 5.90. The summed E-state index contributed by atoms with van der Waals surface area (Å²) in [6, 6.07) is 15.0. The van der Waals surface area contributed by atoms with Gasteiger partial charge in [0.1, 0.15) is 22.8 Å². The Morgan fingerprint density at radius 1 is 0.900 bits per heavy atom. The molecule has 0 radical (unpaired) electrons. The molecule has 0 saturated carbocycles. The van der Waals surface area contributed by atoms with Crippen LogP contribution in [-0.4, -0.2) is 22.4 Å². The number of rotatable bonds is 6. The smallest absolute Gasteiger partial charge is 0.477 e. The van der Waals surface area contributed by atoms with Gasteiger partial charge in [0.15, 0.2) is 0 Å². The maximum absolute atomic E-state index is 12.2. The molecule has 0 fully saturated rings. The van der Waals surface area contributed by atoms with Crippen molar-refractivity contribution < 1.29 is 37.3 Å². The van der Waals surface area contributed by atoms with Crippen LogP contribution in [0.15, 0.2) is 60.7 Å². The van der Waals surface area contributed by atoms with E-state index >= 15 is 0 Å². The molecule has 3 aromatic rings. The number of halogens is 3. The topological polar surface area (TPSA) is 102 Å². The molecule has 0 spiro atoms. The number of hydrogen-bond donors (Lipinski definition) is 1. The van der Waals surface area contributed by atoms with Crippen molar-refractivity contribution in [2.24, 2.45) is 0 Å². The minimum Gasteiger partial charge on any atom is -0.477 e. The molecule has 3 rings (SSSR count). The molecule has 10 heteroatoms. The second kappa shape index (κ2) is 8.40. The average Bonchev–Trinajstić information content (AvgIpc) is 2.69. The molecule has 0 saturated heterocycles. The molecule has 7 nitrogen and oxygen atoms in total. The molecule has 0 aliphatic carbocycles. The highest BCUT2D eigenvalue weighted by Gasteiger charge is 2.31. The van der Waals surface area contributed by atoms with Crippen molar-refractivity contribution >= 4 is 5.97 Å². The first-order valence-corrected chi connectivity index (χ1v) is 8.19. The Kier molecular flexibility index (Phi) is 5.73. The first kappa shape index (κ1) is 20.5. The van der Waals surface area contributed by atoms with E-state index in [0.29, 0.717) is 11.3 Å². The molecule has 0 aliphatic heterocycles. The van der Waals surface area contributed by atoms with Gasteiger partial charge in [0.2, 0.25) is 11.8 Å². The minimum absolute atomic E-state index is 0.0109. The quantitative estimate of drug-likeness (QED) is 0.594. The molecule has 1 aromatic heterocycles. The number of nitrogens with zero attached hydrogens (tertiary/aromatic N) is 2. The second-order valence-electron chi connectivity index (χ2n) is 5.67. The third kappa shape index (κ3) is 5.39. The van der Waals surface area contributed by atoms with Gasteiger partial charge in [0.25, 0.3) is 0 Å². The molecule has 1 N–H and O–H groups in total. The second-order valence-corrected chi connectivity index (χ2v) is 5.67. The first-order valence-electron chi connectivity index (χ1n) is 8.19. The Bertz CT molecular complexity index is 1090. The number of hydrogen-bond acceptors (Lipinski definition) is 6. The van der Waals surface area contributed by atoms with E-state index < -0.39 is 18.1 Å². The number of aromatic nitrogens is 1. The number of benzene rings is 2. The number of nitriles is 1. The molecule has 0 unspecified atom stereocenters. The van der Waals surface area contributed by atoms with Gasteiger partial charge in [0, 0.05) is 6.07 Å². The van der Waals surface area contributed by atoms with Crippen LogP contribution >= 0.6 is 0 Å². The normalized spacial score (nSPS) is 10.7. The van der Waals surface area contributed by atoms with Crippen LogP contribution < -0.4 is 14.2 Å². The van der Waals surface area contributed by atoms with Gasteiger partial charge < -0.3 is 19.3 Å². The summed E-state index contributed by atoms with van der Waals surface area (Å²) < 4.78 is 51.4. The van der Waals surface area contributed by atoms with E-state index in [1.165, 1.54) is 48.5 Å². The van der Waals surface area contributed by atoms with Crippen LogP contribution in [-0.2, 0) is 0 Å².